The van der Waals surface area contributed by atoms with E-state index in [9.17, 15) is 4.79 Å². The number of likely N-dealkylation sites (tertiary alicyclic amines) is 1. The van der Waals surface area contributed by atoms with E-state index in [2.05, 4.69) is 11.0 Å². The number of rotatable bonds is 3. The van der Waals surface area contributed by atoms with Gasteiger partial charge in [-0.3, -0.25) is 9.69 Å². The van der Waals surface area contributed by atoms with Crippen LogP contribution in [0.2, 0.25) is 0 Å². The number of carbonyl (C=O) groups is 1. The molecule has 140 valence electrons. The summed E-state index contributed by atoms with van der Waals surface area (Å²) in [5.41, 5.74) is 7.88. The van der Waals surface area contributed by atoms with Gasteiger partial charge in [0.2, 0.25) is 0 Å². The molecule has 6 nitrogen and oxygen atoms in total. The molecule has 0 spiro atoms. The van der Waals surface area contributed by atoms with Gasteiger partial charge in [0.05, 0.1) is 17.4 Å². The fourth-order valence-corrected chi connectivity index (χ4v) is 5.24. The molecule has 2 N–H and O–H groups in total. The Morgan fingerprint density at radius 2 is 2.08 bits per heavy atom. The fraction of sp³-hybridized carbons (Fsp3) is 0.579. The lowest BCUT2D eigenvalue weighted by Gasteiger charge is -2.35. The molecule has 2 saturated heterocycles. The fourth-order valence-electron chi connectivity index (χ4n) is 4.12. The number of hydrogen-bond donors (Lipinski definition) is 1. The summed E-state index contributed by atoms with van der Waals surface area (Å²) in [5, 5.41) is 0.888. The SMILES string of the molecule is CN(C)C(=O)c1sc2nc([C@@H]3CCCN3C3CCOCC3)ccc2c1N. The maximum Gasteiger partial charge on any atom is 0.265 e. The molecule has 4 rings (SSSR count). The van der Waals surface area contributed by atoms with Crippen LogP contribution in [-0.4, -0.2) is 60.6 Å². The summed E-state index contributed by atoms with van der Waals surface area (Å²) < 4.78 is 5.53. The van der Waals surface area contributed by atoms with Crippen molar-refractivity contribution in [3.63, 3.8) is 0 Å². The zero-order valence-electron chi connectivity index (χ0n) is 15.4. The highest BCUT2D eigenvalue weighted by molar-refractivity contribution is 7.21. The number of pyridine rings is 1. The third-order valence-electron chi connectivity index (χ3n) is 5.51. The first-order valence-electron chi connectivity index (χ1n) is 9.30. The molecule has 2 fully saturated rings. The van der Waals surface area contributed by atoms with Crippen LogP contribution in [0, 0.1) is 0 Å². The second-order valence-electron chi connectivity index (χ2n) is 7.37. The average molecular weight is 375 g/mol. The van der Waals surface area contributed by atoms with Gasteiger partial charge >= 0.3 is 0 Å². The highest BCUT2D eigenvalue weighted by Crippen LogP contribution is 2.38. The molecule has 1 amide bonds. The van der Waals surface area contributed by atoms with Gasteiger partial charge in [0.25, 0.3) is 5.91 Å². The van der Waals surface area contributed by atoms with E-state index in [1.54, 1.807) is 19.0 Å². The van der Waals surface area contributed by atoms with Gasteiger partial charge < -0.3 is 15.4 Å². The van der Waals surface area contributed by atoms with Crippen LogP contribution < -0.4 is 5.73 Å². The molecule has 1 atom stereocenters. The normalized spacial score (nSPS) is 22.2. The van der Waals surface area contributed by atoms with E-state index >= 15 is 0 Å². The molecule has 0 saturated carbocycles. The third-order valence-corrected chi connectivity index (χ3v) is 6.61. The monoisotopic (exact) mass is 374 g/mol. The van der Waals surface area contributed by atoms with Crippen molar-refractivity contribution in [2.24, 2.45) is 0 Å². The van der Waals surface area contributed by atoms with E-state index in [1.165, 1.54) is 17.8 Å². The van der Waals surface area contributed by atoms with E-state index in [1.807, 2.05) is 6.07 Å². The van der Waals surface area contributed by atoms with Crippen molar-refractivity contribution < 1.29 is 9.53 Å². The van der Waals surface area contributed by atoms with E-state index in [0.717, 1.165) is 54.9 Å². The van der Waals surface area contributed by atoms with Gasteiger partial charge in [0, 0.05) is 38.7 Å². The summed E-state index contributed by atoms with van der Waals surface area (Å²) in [6, 6.07) is 5.08. The Morgan fingerprint density at radius 1 is 1.31 bits per heavy atom. The van der Waals surface area contributed by atoms with Gasteiger partial charge in [0.15, 0.2) is 0 Å². The standard InChI is InChI=1S/C19H26N4O2S/c1-22(2)19(24)17-16(20)13-5-6-14(21-18(13)26-17)15-4-3-9-23(15)12-7-10-25-11-8-12/h5-6,12,15H,3-4,7-11,20H2,1-2H3/t15-/m0/s1. The van der Waals surface area contributed by atoms with Crippen molar-refractivity contribution in [2.45, 2.75) is 37.8 Å². The van der Waals surface area contributed by atoms with Crippen LogP contribution in [-0.2, 0) is 4.74 Å². The van der Waals surface area contributed by atoms with Crippen molar-refractivity contribution >= 4 is 33.1 Å². The van der Waals surface area contributed by atoms with Gasteiger partial charge in [-0.05, 0) is 44.4 Å². The minimum atomic E-state index is -0.0586. The molecule has 2 aliphatic heterocycles. The van der Waals surface area contributed by atoms with Crippen LogP contribution in [0.25, 0.3) is 10.2 Å². The van der Waals surface area contributed by atoms with Crippen molar-refractivity contribution in [2.75, 3.05) is 39.6 Å². The molecular formula is C19H26N4O2S. The first-order valence-corrected chi connectivity index (χ1v) is 10.1. The van der Waals surface area contributed by atoms with Crippen LogP contribution in [0.5, 0.6) is 0 Å². The van der Waals surface area contributed by atoms with Crippen molar-refractivity contribution in [1.29, 1.82) is 0 Å². The summed E-state index contributed by atoms with van der Waals surface area (Å²) >= 11 is 1.40. The number of hydrogen-bond acceptors (Lipinski definition) is 6. The van der Waals surface area contributed by atoms with Crippen molar-refractivity contribution in [3.8, 4) is 0 Å². The Bertz CT molecular complexity index is 813. The van der Waals surface area contributed by atoms with Crippen molar-refractivity contribution in [1.82, 2.24) is 14.8 Å². The number of fused-ring (bicyclic) bond motifs is 1. The molecule has 0 aromatic carbocycles. The predicted molar refractivity (Wildman–Crippen MR) is 105 cm³/mol. The lowest BCUT2D eigenvalue weighted by molar-refractivity contribution is 0.0285. The largest absolute Gasteiger partial charge is 0.397 e. The quantitative estimate of drug-likeness (QED) is 0.894. The predicted octanol–water partition coefficient (Wildman–Crippen LogP) is 2.90. The van der Waals surface area contributed by atoms with E-state index in [4.69, 9.17) is 15.5 Å². The number of nitrogen functional groups attached to an aromatic ring is 1. The van der Waals surface area contributed by atoms with Gasteiger partial charge in [-0.15, -0.1) is 11.3 Å². The topological polar surface area (TPSA) is 71.7 Å². The average Bonchev–Trinajstić information content (AvgIpc) is 3.26. The molecule has 2 aromatic rings. The molecule has 2 aliphatic rings. The van der Waals surface area contributed by atoms with E-state index < -0.39 is 0 Å². The smallest absolute Gasteiger partial charge is 0.265 e. The molecule has 0 aliphatic carbocycles. The Kier molecular flexibility index (Phi) is 4.86. The van der Waals surface area contributed by atoms with Crippen LogP contribution in [0.4, 0.5) is 5.69 Å². The number of aromatic nitrogens is 1. The lowest BCUT2D eigenvalue weighted by atomic mass is 10.0. The highest BCUT2D eigenvalue weighted by atomic mass is 32.1. The number of ether oxygens (including phenoxy) is 1. The van der Waals surface area contributed by atoms with Crippen LogP contribution in [0.1, 0.15) is 47.1 Å². The summed E-state index contributed by atoms with van der Waals surface area (Å²) in [5.74, 6) is -0.0586. The van der Waals surface area contributed by atoms with E-state index in [-0.39, 0.29) is 5.91 Å². The number of nitrogens with zero attached hydrogens (tertiary/aromatic N) is 3. The van der Waals surface area contributed by atoms with Gasteiger partial charge in [0.1, 0.15) is 9.71 Å². The van der Waals surface area contributed by atoms with Crippen LogP contribution in [0.15, 0.2) is 12.1 Å². The highest BCUT2D eigenvalue weighted by Gasteiger charge is 2.33. The number of amides is 1. The zero-order valence-corrected chi connectivity index (χ0v) is 16.2. The first-order chi connectivity index (χ1) is 12.6. The second kappa shape index (κ2) is 7.13. The zero-order chi connectivity index (χ0) is 18.3. The third kappa shape index (κ3) is 3.08. The first kappa shape index (κ1) is 17.7. The number of nitrogens with two attached hydrogens (primary N) is 1. The minimum Gasteiger partial charge on any atom is -0.397 e. The molecule has 2 aromatic heterocycles. The van der Waals surface area contributed by atoms with E-state index in [0.29, 0.717) is 22.6 Å². The van der Waals surface area contributed by atoms with Gasteiger partial charge in [-0.1, -0.05) is 0 Å². The summed E-state index contributed by atoms with van der Waals surface area (Å²) in [4.78, 5) is 22.9. The molecule has 4 heterocycles. The maximum atomic E-state index is 12.3. The number of thiophene rings is 1. The number of anilines is 1. The minimum absolute atomic E-state index is 0.0586. The van der Waals surface area contributed by atoms with Crippen LogP contribution >= 0.6 is 11.3 Å². The summed E-state index contributed by atoms with van der Waals surface area (Å²) in [6.45, 7) is 2.85. The molecular weight excluding hydrogens is 348 g/mol. The Balaban J connectivity index is 1.65. The molecule has 7 heteroatoms. The Morgan fingerprint density at radius 3 is 2.81 bits per heavy atom. The summed E-state index contributed by atoms with van der Waals surface area (Å²) in [6.07, 6.45) is 4.55. The van der Waals surface area contributed by atoms with Gasteiger partial charge in [-0.2, -0.15) is 0 Å². The maximum absolute atomic E-state index is 12.3. The van der Waals surface area contributed by atoms with Gasteiger partial charge in [-0.25, -0.2) is 4.98 Å². The Labute approximate surface area is 157 Å². The summed E-state index contributed by atoms with van der Waals surface area (Å²) in [7, 11) is 3.49. The molecule has 26 heavy (non-hydrogen) atoms. The number of carbonyl (C=O) groups excluding carboxylic acids is 1. The molecule has 0 bridgehead atoms. The molecule has 0 unspecified atom stereocenters. The second-order valence-corrected chi connectivity index (χ2v) is 8.37. The van der Waals surface area contributed by atoms with Crippen LogP contribution in [0.3, 0.4) is 0 Å². The van der Waals surface area contributed by atoms with Crippen molar-refractivity contribution in [3.05, 3.63) is 22.7 Å². The molecule has 0 radical (unpaired) electrons. The Hall–Kier alpha value is -1.70. The lowest BCUT2D eigenvalue weighted by Crippen LogP contribution is -2.39.